The van der Waals surface area contributed by atoms with E-state index in [4.69, 9.17) is 0 Å². The van der Waals surface area contributed by atoms with Crippen LogP contribution >= 0.6 is 0 Å². The van der Waals surface area contributed by atoms with Gasteiger partial charge < -0.3 is 10.6 Å². The lowest BCUT2D eigenvalue weighted by Gasteiger charge is -2.20. The third kappa shape index (κ3) is 5.88. The molecule has 92 valence electrons. The topological polar surface area (TPSA) is 41.9 Å². The molecule has 4 heteroatoms. The molecule has 0 aliphatic rings. The summed E-state index contributed by atoms with van der Waals surface area (Å²) in [7, 11) is 1.95. The fourth-order valence-electron chi connectivity index (χ4n) is 1.46. The molecule has 0 aromatic carbocycles. The van der Waals surface area contributed by atoms with E-state index >= 15 is 0 Å². The second-order valence-electron chi connectivity index (χ2n) is 5.16. The van der Waals surface area contributed by atoms with Crippen LogP contribution in [-0.4, -0.2) is 35.0 Å². The van der Waals surface area contributed by atoms with E-state index in [0.29, 0.717) is 0 Å². The van der Waals surface area contributed by atoms with Crippen molar-refractivity contribution < 1.29 is 0 Å². The van der Waals surface area contributed by atoms with Gasteiger partial charge in [-0.05, 0) is 26.8 Å². The second-order valence-corrected chi connectivity index (χ2v) is 5.16. The highest BCUT2D eigenvalue weighted by Gasteiger charge is 2.06. The smallest absolute Gasteiger partial charge is 0.0637 e. The number of rotatable bonds is 6. The Hall–Kier alpha value is -0.870. The van der Waals surface area contributed by atoms with Gasteiger partial charge >= 0.3 is 0 Å². The molecular formula is C12H24N4. The number of hydrogen-bond donors (Lipinski definition) is 2. The van der Waals surface area contributed by atoms with Gasteiger partial charge in [-0.25, -0.2) is 0 Å². The van der Waals surface area contributed by atoms with Crippen LogP contribution in [0.1, 0.15) is 26.5 Å². The lowest BCUT2D eigenvalue weighted by atomic mass is 10.1. The molecule has 0 bridgehead atoms. The summed E-state index contributed by atoms with van der Waals surface area (Å²) in [6.07, 6.45) is 2.98. The summed E-state index contributed by atoms with van der Waals surface area (Å²) in [4.78, 5) is 0. The third-order valence-electron chi connectivity index (χ3n) is 2.28. The average Bonchev–Trinajstić information content (AvgIpc) is 2.56. The van der Waals surface area contributed by atoms with E-state index in [1.54, 1.807) is 0 Å². The van der Waals surface area contributed by atoms with Gasteiger partial charge in [0.05, 0.1) is 5.69 Å². The molecule has 1 heterocycles. The minimum atomic E-state index is 0.211. The minimum Gasteiger partial charge on any atom is -0.315 e. The monoisotopic (exact) mass is 224 g/mol. The molecule has 1 aromatic rings. The first-order chi connectivity index (χ1) is 7.47. The van der Waals surface area contributed by atoms with Crippen molar-refractivity contribution in [3.8, 4) is 0 Å². The Balaban J connectivity index is 2.00. The fourth-order valence-corrected chi connectivity index (χ4v) is 1.46. The Bertz CT molecular complexity index is 298. The molecule has 1 rings (SSSR count). The van der Waals surface area contributed by atoms with Gasteiger partial charge in [0.2, 0.25) is 0 Å². The van der Waals surface area contributed by atoms with Crippen molar-refractivity contribution in [3.05, 3.63) is 18.0 Å². The first-order valence-corrected chi connectivity index (χ1v) is 5.92. The summed E-state index contributed by atoms with van der Waals surface area (Å²) >= 11 is 0. The van der Waals surface area contributed by atoms with Crippen molar-refractivity contribution in [1.82, 2.24) is 20.4 Å². The van der Waals surface area contributed by atoms with Gasteiger partial charge in [-0.1, -0.05) is 0 Å². The number of aryl methyl sites for hydroxylation is 1. The van der Waals surface area contributed by atoms with Gasteiger partial charge in [0.25, 0.3) is 0 Å². The van der Waals surface area contributed by atoms with E-state index in [9.17, 15) is 0 Å². The minimum absolute atomic E-state index is 0.211. The predicted molar refractivity (Wildman–Crippen MR) is 67.5 cm³/mol. The summed E-state index contributed by atoms with van der Waals surface area (Å²) < 4.78 is 1.84. The molecule has 0 aliphatic carbocycles. The molecule has 0 spiro atoms. The molecular weight excluding hydrogens is 200 g/mol. The number of aromatic nitrogens is 2. The largest absolute Gasteiger partial charge is 0.315 e. The number of nitrogens with one attached hydrogen (secondary N) is 2. The molecule has 0 saturated carbocycles. The van der Waals surface area contributed by atoms with E-state index in [1.807, 2.05) is 17.9 Å². The van der Waals surface area contributed by atoms with Gasteiger partial charge in [-0.3, -0.25) is 4.68 Å². The predicted octanol–water partition coefficient (Wildman–Crippen LogP) is 0.940. The zero-order valence-electron chi connectivity index (χ0n) is 10.9. The lowest BCUT2D eigenvalue weighted by Crippen LogP contribution is -2.40. The van der Waals surface area contributed by atoms with Gasteiger partial charge in [0, 0.05) is 44.8 Å². The highest BCUT2D eigenvalue weighted by atomic mass is 15.2. The Morgan fingerprint density at radius 2 is 2.00 bits per heavy atom. The molecule has 16 heavy (non-hydrogen) atoms. The Morgan fingerprint density at radius 3 is 2.56 bits per heavy atom. The Morgan fingerprint density at radius 1 is 1.25 bits per heavy atom. The van der Waals surface area contributed by atoms with Crippen LogP contribution in [0, 0.1) is 0 Å². The van der Waals surface area contributed by atoms with Crippen LogP contribution in [0.5, 0.6) is 0 Å². The van der Waals surface area contributed by atoms with E-state index < -0.39 is 0 Å². The molecule has 0 fully saturated rings. The maximum Gasteiger partial charge on any atom is 0.0637 e. The highest BCUT2D eigenvalue weighted by Crippen LogP contribution is 1.96. The summed E-state index contributed by atoms with van der Waals surface area (Å²) in [6, 6.07) is 2.06. The lowest BCUT2D eigenvalue weighted by molar-refractivity contribution is 0.422. The summed E-state index contributed by atoms with van der Waals surface area (Å²) in [6.45, 7) is 9.54. The Kier molecular flexibility index (Phi) is 4.96. The molecule has 2 N–H and O–H groups in total. The van der Waals surface area contributed by atoms with Crippen LogP contribution in [-0.2, 0) is 13.5 Å². The van der Waals surface area contributed by atoms with Gasteiger partial charge in [-0.2, -0.15) is 5.10 Å². The van der Waals surface area contributed by atoms with Gasteiger partial charge in [0.1, 0.15) is 0 Å². The second kappa shape index (κ2) is 6.01. The molecule has 0 unspecified atom stereocenters. The van der Waals surface area contributed by atoms with Crippen molar-refractivity contribution in [2.75, 3.05) is 19.6 Å². The standard InChI is InChI=1S/C12H24N4/c1-12(2,3)14-9-8-13-7-5-11-6-10-16(4)15-11/h6,10,13-14H,5,7-9H2,1-4H3. The molecule has 0 atom stereocenters. The highest BCUT2D eigenvalue weighted by molar-refractivity contribution is 4.98. The van der Waals surface area contributed by atoms with E-state index in [0.717, 1.165) is 31.7 Å². The van der Waals surface area contributed by atoms with Crippen LogP contribution in [0.15, 0.2) is 12.3 Å². The van der Waals surface area contributed by atoms with Crippen molar-refractivity contribution >= 4 is 0 Å². The first kappa shape index (κ1) is 13.2. The zero-order chi connectivity index (χ0) is 12.0. The van der Waals surface area contributed by atoms with Gasteiger partial charge in [0.15, 0.2) is 0 Å². The maximum atomic E-state index is 4.33. The molecule has 0 amide bonds. The molecule has 4 nitrogen and oxygen atoms in total. The van der Waals surface area contributed by atoms with Crippen LogP contribution in [0.4, 0.5) is 0 Å². The molecule has 0 saturated heterocycles. The maximum absolute atomic E-state index is 4.33. The van der Waals surface area contributed by atoms with Crippen molar-refractivity contribution in [1.29, 1.82) is 0 Å². The van der Waals surface area contributed by atoms with Crippen LogP contribution < -0.4 is 10.6 Å². The summed E-state index contributed by atoms with van der Waals surface area (Å²) in [5.74, 6) is 0. The van der Waals surface area contributed by atoms with Crippen molar-refractivity contribution in [2.45, 2.75) is 32.7 Å². The van der Waals surface area contributed by atoms with E-state index in [-0.39, 0.29) is 5.54 Å². The van der Waals surface area contributed by atoms with Crippen LogP contribution in [0.3, 0.4) is 0 Å². The van der Waals surface area contributed by atoms with Crippen LogP contribution in [0.25, 0.3) is 0 Å². The number of nitrogens with zero attached hydrogens (tertiary/aromatic N) is 2. The van der Waals surface area contributed by atoms with Crippen molar-refractivity contribution in [2.24, 2.45) is 7.05 Å². The Labute approximate surface area is 98.4 Å². The molecule has 0 aliphatic heterocycles. The normalized spacial score (nSPS) is 12.0. The number of hydrogen-bond acceptors (Lipinski definition) is 3. The van der Waals surface area contributed by atoms with Crippen molar-refractivity contribution in [3.63, 3.8) is 0 Å². The summed E-state index contributed by atoms with van der Waals surface area (Å²) in [5.41, 5.74) is 1.36. The fraction of sp³-hybridized carbons (Fsp3) is 0.750. The van der Waals surface area contributed by atoms with Gasteiger partial charge in [-0.15, -0.1) is 0 Å². The average molecular weight is 224 g/mol. The van der Waals surface area contributed by atoms with E-state index in [1.165, 1.54) is 0 Å². The van der Waals surface area contributed by atoms with E-state index in [2.05, 4.69) is 42.6 Å². The molecule has 0 radical (unpaired) electrons. The van der Waals surface area contributed by atoms with Crippen LogP contribution in [0.2, 0.25) is 0 Å². The molecule has 1 aromatic heterocycles. The third-order valence-corrected chi connectivity index (χ3v) is 2.28. The summed E-state index contributed by atoms with van der Waals surface area (Å²) in [5, 5.41) is 11.2. The first-order valence-electron chi connectivity index (χ1n) is 5.92. The SMILES string of the molecule is Cn1ccc(CCNCCNC(C)(C)C)n1. The quantitative estimate of drug-likeness (QED) is 0.707. The zero-order valence-corrected chi connectivity index (χ0v) is 10.9.